The average Bonchev–Trinajstić information content (AvgIpc) is 3.61. The fourth-order valence-corrected chi connectivity index (χ4v) is 5.16. The van der Waals surface area contributed by atoms with E-state index in [1.54, 1.807) is 17.0 Å². The number of nitrogens with one attached hydrogen (secondary N) is 1. The molecule has 2 unspecified atom stereocenters. The summed E-state index contributed by atoms with van der Waals surface area (Å²) in [6, 6.07) is 7.45. The van der Waals surface area contributed by atoms with Crippen LogP contribution in [0, 0.1) is 24.7 Å². The predicted octanol–water partition coefficient (Wildman–Crippen LogP) is 1.27. The van der Waals surface area contributed by atoms with Crippen LogP contribution >= 0.6 is 0 Å². The second-order valence-corrected chi connectivity index (χ2v) is 11.1. The molecule has 3 aliphatic rings. The van der Waals surface area contributed by atoms with Gasteiger partial charge in [-0.05, 0) is 56.6 Å². The van der Waals surface area contributed by atoms with Gasteiger partial charge in [-0.1, -0.05) is 23.6 Å². The minimum Gasteiger partial charge on any atom is -0.410 e. The fourth-order valence-electron chi connectivity index (χ4n) is 5.16. The number of benzene rings is 1. The zero-order chi connectivity index (χ0) is 29.4. The molecule has 1 saturated carbocycles. The number of nitrogens with zero attached hydrogens (tertiary/aromatic N) is 5. The minimum absolute atomic E-state index is 0.0837. The van der Waals surface area contributed by atoms with Crippen LogP contribution in [0.3, 0.4) is 0 Å². The van der Waals surface area contributed by atoms with Gasteiger partial charge in [0.25, 0.3) is 5.91 Å². The third-order valence-electron chi connectivity index (χ3n) is 7.83. The van der Waals surface area contributed by atoms with Gasteiger partial charge in [0.2, 0.25) is 5.82 Å². The molecular weight excluding hydrogens is 542 g/mol. The molecule has 0 radical (unpaired) electrons. The Kier molecular flexibility index (Phi) is 7.68. The summed E-state index contributed by atoms with van der Waals surface area (Å²) in [5.41, 5.74) is 7.79. The summed E-state index contributed by atoms with van der Waals surface area (Å²) < 4.78 is 12.7. The molecule has 13 nitrogen and oxygen atoms in total. The van der Waals surface area contributed by atoms with E-state index < -0.39 is 30.4 Å². The number of aliphatic hydroxyl groups is 2. The molecule has 1 aliphatic carbocycles. The van der Waals surface area contributed by atoms with Crippen LogP contribution in [0.5, 0.6) is 5.75 Å². The number of imidazole rings is 1. The van der Waals surface area contributed by atoms with E-state index in [-0.39, 0.29) is 29.4 Å². The summed E-state index contributed by atoms with van der Waals surface area (Å²) in [6.45, 7) is 3.14. The van der Waals surface area contributed by atoms with Crippen molar-refractivity contribution in [2.24, 2.45) is 5.92 Å². The maximum absolute atomic E-state index is 12.5. The molecule has 3 aromatic rings. The summed E-state index contributed by atoms with van der Waals surface area (Å²) in [7, 11) is 0. The topological polar surface area (TPSA) is 178 Å². The number of aryl methyl sites for hydroxylation is 1. The van der Waals surface area contributed by atoms with Crippen molar-refractivity contribution in [1.82, 2.24) is 29.7 Å². The number of anilines is 1. The lowest BCUT2D eigenvalue weighted by atomic mass is 9.94. The number of fused-ring (bicyclic) bond motifs is 1. The maximum atomic E-state index is 12.5. The highest BCUT2D eigenvalue weighted by molar-refractivity contribution is 5.83. The molecule has 2 amide bonds. The van der Waals surface area contributed by atoms with Crippen LogP contribution in [0.25, 0.3) is 11.2 Å². The van der Waals surface area contributed by atoms with E-state index in [0.717, 1.165) is 31.2 Å². The van der Waals surface area contributed by atoms with Crippen LogP contribution in [-0.4, -0.2) is 84.1 Å². The first-order chi connectivity index (χ1) is 20.3. The van der Waals surface area contributed by atoms with Crippen LogP contribution in [0.4, 0.5) is 10.6 Å². The third kappa shape index (κ3) is 5.87. The molecule has 5 N–H and O–H groups in total. The molecule has 6 rings (SSSR count). The Bertz CT molecular complexity index is 1540. The zero-order valence-corrected chi connectivity index (χ0v) is 23.1. The molecule has 220 valence electrons. The van der Waals surface area contributed by atoms with Gasteiger partial charge < -0.3 is 35.6 Å². The highest BCUT2D eigenvalue weighted by atomic mass is 16.6. The first-order valence-corrected chi connectivity index (χ1v) is 14.1. The number of ether oxygens (including phenoxy) is 2. The number of carbonyl (C=O) groups is 2. The number of rotatable bonds is 5. The van der Waals surface area contributed by atoms with Crippen LogP contribution in [0.1, 0.15) is 49.7 Å². The van der Waals surface area contributed by atoms with Crippen molar-refractivity contribution >= 4 is 29.0 Å². The first-order valence-electron chi connectivity index (χ1n) is 14.1. The standard InChI is InChI=1S/C29H33N7O6/c1-16-5-9-19(10-6-16)41-29(40)35-13-11-17(12-14-35)3-2-4-20-33-25(30)21-26(34-20)36(15-31-21)28-23(38)22(37)24(42-28)27(39)32-18-7-8-18/h5-6,9-10,15,17-18,22-24,28,37-38H,3,7-8,11-14H2,1H3,(H,32,39)(H2,30,33,34)/t22-,23+,24?,28?/m1/s1. The monoisotopic (exact) mass is 575 g/mol. The lowest BCUT2D eigenvalue weighted by molar-refractivity contribution is -0.137. The summed E-state index contributed by atoms with van der Waals surface area (Å²) >= 11 is 0. The normalized spacial score (nSPS) is 24.3. The number of likely N-dealkylation sites (tertiary alicyclic amines) is 1. The molecule has 2 aromatic heterocycles. The molecule has 4 atom stereocenters. The van der Waals surface area contributed by atoms with Gasteiger partial charge in [-0.2, -0.15) is 0 Å². The summed E-state index contributed by atoms with van der Waals surface area (Å²) in [4.78, 5) is 39.7. The Balaban J connectivity index is 1.08. The van der Waals surface area contributed by atoms with Crippen molar-refractivity contribution < 1.29 is 29.3 Å². The quantitative estimate of drug-likeness (QED) is 0.324. The molecule has 2 aliphatic heterocycles. The second-order valence-electron chi connectivity index (χ2n) is 11.1. The van der Waals surface area contributed by atoms with Crippen molar-refractivity contribution in [2.45, 2.75) is 69.6 Å². The van der Waals surface area contributed by atoms with Gasteiger partial charge in [0.05, 0.1) is 6.33 Å². The minimum atomic E-state index is -1.42. The number of nitrogen functional groups attached to an aromatic ring is 1. The highest BCUT2D eigenvalue weighted by Gasteiger charge is 2.48. The van der Waals surface area contributed by atoms with Gasteiger partial charge in [-0.3, -0.25) is 9.36 Å². The van der Waals surface area contributed by atoms with Crippen LogP contribution in [-0.2, 0) is 9.53 Å². The number of aromatic nitrogens is 4. The molecular formula is C29H33N7O6. The van der Waals surface area contributed by atoms with Gasteiger partial charge in [-0.15, -0.1) is 0 Å². The van der Waals surface area contributed by atoms with Crippen molar-refractivity contribution in [3.63, 3.8) is 0 Å². The number of piperidine rings is 1. The third-order valence-corrected chi connectivity index (χ3v) is 7.83. The molecule has 0 spiro atoms. The maximum Gasteiger partial charge on any atom is 0.415 e. The first kappa shape index (κ1) is 27.9. The van der Waals surface area contributed by atoms with Crippen molar-refractivity contribution in [1.29, 1.82) is 0 Å². The van der Waals surface area contributed by atoms with E-state index in [9.17, 15) is 19.8 Å². The molecule has 3 fully saturated rings. The van der Waals surface area contributed by atoms with Gasteiger partial charge in [0.1, 0.15) is 23.5 Å². The number of amides is 2. The molecule has 4 heterocycles. The van der Waals surface area contributed by atoms with Crippen LogP contribution in [0.15, 0.2) is 30.6 Å². The molecule has 1 aromatic carbocycles. The Morgan fingerprint density at radius 2 is 1.86 bits per heavy atom. The van der Waals surface area contributed by atoms with Crippen molar-refractivity contribution in [3.05, 3.63) is 42.0 Å². The number of nitrogens with two attached hydrogens (primary N) is 1. The SMILES string of the molecule is Cc1ccc(OC(=O)N2CCC(CC#Cc3nc(N)c4ncn(C5OC(C(=O)NC6CC6)[C@H](O)[C@@H]5O)c4n3)CC2)cc1. The van der Waals surface area contributed by atoms with Gasteiger partial charge >= 0.3 is 6.09 Å². The Hall–Kier alpha value is -4.25. The smallest absolute Gasteiger partial charge is 0.410 e. The number of carbonyl (C=O) groups excluding carboxylic acids is 2. The number of hydrogen-bond acceptors (Lipinski definition) is 10. The number of hydrogen-bond donors (Lipinski definition) is 4. The second kappa shape index (κ2) is 11.6. The van der Waals surface area contributed by atoms with Crippen molar-refractivity contribution in [3.8, 4) is 17.6 Å². The summed E-state index contributed by atoms with van der Waals surface area (Å²) in [5.74, 6) is 6.74. The van der Waals surface area contributed by atoms with Crippen LogP contribution in [0.2, 0.25) is 0 Å². The van der Waals surface area contributed by atoms with E-state index in [0.29, 0.717) is 36.7 Å². The summed E-state index contributed by atoms with van der Waals surface area (Å²) in [6.07, 6.45) is -0.149. The van der Waals surface area contributed by atoms with E-state index >= 15 is 0 Å². The summed E-state index contributed by atoms with van der Waals surface area (Å²) in [5, 5.41) is 24.0. The molecule has 13 heteroatoms. The lowest BCUT2D eigenvalue weighted by Gasteiger charge is -2.30. The van der Waals surface area contributed by atoms with Crippen LogP contribution < -0.4 is 15.8 Å². The van der Waals surface area contributed by atoms with E-state index in [2.05, 4.69) is 32.1 Å². The Labute approximate surface area is 242 Å². The van der Waals surface area contributed by atoms with E-state index in [1.807, 2.05) is 19.1 Å². The lowest BCUT2D eigenvalue weighted by Crippen LogP contribution is -2.43. The Morgan fingerprint density at radius 3 is 2.57 bits per heavy atom. The van der Waals surface area contributed by atoms with E-state index in [1.165, 1.54) is 10.9 Å². The molecule has 42 heavy (non-hydrogen) atoms. The molecule has 0 bridgehead atoms. The van der Waals surface area contributed by atoms with Gasteiger partial charge in [0.15, 0.2) is 23.8 Å². The average molecular weight is 576 g/mol. The largest absolute Gasteiger partial charge is 0.415 e. The predicted molar refractivity (Wildman–Crippen MR) is 150 cm³/mol. The molecule has 2 saturated heterocycles. The van der Waals surface area contributed by atoms with Crippen molar-refractivity contribution in [2.75, 3.05) is 18.8 Å². The Morgan fingerprint density at radius 1 is 1.12 bits per heavy atom. The van der Waals surface area contributed by atoms with E-state index in [4.69, 9.17) is 15.2 Å². The highest BCUT2D eigenvalue weighted by Crippen LogP contribution is 2.33. The fraction of sp³-hybridized carbons (Fsp3) is 0.483. The van der Waals surface area contributed by atoms with Gasteiger partial charge in [0, 0.05) is 25.6 Å². The number of aliphatic hydroxyl groups excluding tert-OH is 2. The van der Waals surface area contributed by atoms with Gasteiger partial charge in [-0.25, -0.2) is 19.7 Å². The zero-order valence-electron chi connectivity index (χ0n) is 23.1.